The van der Waals surface area contributed by atoms with Crippen LogP contribution in [0, 0.1) is 18.3 Å². The molecule has 1 saturated heterocycles. The number of aromatic nitrogens is 2. The normalized spacial score (nSPS) is 21.4. The summed E-state index contributed by atoms with van der Waals surface area (Å²) in [5.74, 6) is 0. The molecule has 5 nitrogen and oxygen atoms in total. The molecule has 1 aromatic rings. The molecule has 0 saturated carbocycles. The van der Waals surface area contributed by atoms with Gasteiger partial charge in [0.2, 0.25) is 0 Å². The molecule has 0 bridgehead atoms. The van der Waals surface area contributed by atoms with Crippen LogP contribution < -0.4 is 5.32 Å². The second-order valence-electron chi connectivity index (χ2n) is 4.29. The summed E-state index contributed by atoms with van der Waals surface area (Å²) in [4.78, 5) is 2.14. The maximum absolute atomic E-state index is 9.10. The highest BCUT2D eigenvalue weighted by Crippen LogP contribution is 2.21. The number of nitrogens with zero attached hydrogens (tertiary/aromatic N) is 4. The van der Waals surface area contributed by atoms with Gasteiger partial charge in [-0.2, -0.15) is 10.4 Å². The summed E-state index contributed by atoms with van der Waals surface area (Å²) in [6.07, 6.45) is 0. The highest BCUT2D eigenvalue weighted by atomic mass is 35.5. The highest BCUT2D eigenvalue weighted by molar-refractivity contribution is 6.31. The summed E-state index contributed by atoms with van der Waals surface area (Å²) in [5, 5.41) is 17.3. The zero-order chi connectivity index (χ0) is 12.4. The number of piperazine rings is 1. The zero-order valence-corrected chi connectivity index (χ0v) is 10.8. The number of aryl methyl sites for hydroxylation is 2. The molecule has 6 heteroatoms. The fourth-order valence-corrected chi connectivity index (χ4v) is 2.33. The smallest absolute Gasteiger partial charge is 0.111 e. The molecule has 0 radical (unpaired) electrons. The fourth-order valence-electron chi connectivity index (χ4n) is 2.11. The molecule has 1 fully saturated rings. The third-order valence-electron chi connectivity index (χ3n) is 3.12. The van der Waals surface area contributed by atoms with Crippen molar-refractivity contribution in [3.63, 3.8) is 0 Å². The lowest BCUT2D eigenvalue weighted by molar-refractivity contribution is 0.185. The van der Waals surface area contributed by atoms with E-state index in [9.17, 15) is 0 Å². The Hall–Kier alpha value is -1.09. The monoisotopic (exact) mass is 253 g/mol. The lowest BCUT2D eigenvalue weighted by atomic mass is 10.2. The SMILES string of the molecule is Cc1nn(C)c(CN2CCNCC2C#N)c1Cl. The van der Waals surface area contributed by atoms with Crippen LogP contribution in [0.15, 0.2) is 0 Å². The number of hydrogen-bond donors (Lipinski definition) is 1. The molecule has 1 aliphatic rings. The maximum atomic E-state index is 9.10. The summed E-state index contributed by atoms with van der Waals surface area (Å²) in [6, 6.07) is 2.22. The van der Waals surface area contributed by atoms with E-state index in [1.807, 2.05) is 14.0 Å². The lowest BCUT2D eigenvalue weighted by Crippen LogP contribution is -2.50. The average molecular weight is 254 g/mol. The average Bonchev–Trinajstić information content (AvgIpc) is 2.57. The minimum Gasteiger partial charge on any atom is -0.313 e. The van der Waals surface area contributed by atoms with Crippen molar-refractivity contribution in [2.75, 3.05) is 19.6 Å². The zero-order valence-electron chi connectivity index (χ0n) is 10.1. The molecule has 92 valence electrons. The van der Waals surface area contributed by atoms with E-state index in [1.165, 1.54) is 0 Å². The van der Waals surface area contributed by atoms with Gasteiger partial charge in [0, 0.05) is 33.2 Å². The Morgan fingerprint density at radius 3 is 3.00 bits per heavy atom. The molecule has 1 aromatic heterocycles. The van der Waals surface area contributed by atoms with Gasteiger partial charge < -0.3 is 5.32 Å². The summed E-state index contributed by atoms with van der Waals surface area (Å²) < 4.78 is 1.80. The third kappa shape index (κ3) is 2.44. The number of rotatable bonds is 2. The number of hydrogen-bond acceptors (Lipinski definition) is 4. The van der Waals surface area contributed by atoms with Crippen molar-refractivity contribution < 1.29 is 0 Å². The van der Waals surface area contributed by atoms with E-state index < -0.39 is 0 Å². The quantitative estimate of drug-likeness (QED) is 0.842. The van der Waals surface area contributed by atoms with Crippen LogP contribution in [0.1, 0.15) is 11.4 Å². The molecule has 0 aromatic carbocycles. The van der Waals surface area contributed by atoms with Crippen molar-refractivity contribution >= 4 is 11.6 Å². The Bertz CT molecular complexity index is 447. The van der Waals surface area contributed by atoms with Gasteiger partial charge in [-0.15, -0.1) is 0 Å². The molecule has 0 amide bonds. The van der Waals surface area contributed by atoms with Crippen LogP contribution >= 0.6 is 11.6 Å². The van der Waals surface area contributed by atoms with Crippen LogP contribution in [0.4, 0.5) is 0 Å². The summed E-state index contributed by atoms with van der Waals surface area (Å²) in [7, 11) is 1.89. The second-order valence-corrected chi connectivity index (χ2v) is 4.67. The van der Waals surface area contributed by atoms with Gasteiger partial charge in [0.1, 0.15) is 6.04 Å². The maximum Gasteiger partial charge on any atom is 0.111 e. The molecule has 0 aliphatic carbocycles. The van der Waals surface area contributed by atoms with Crippen molar-refractivity contribution in [3.8, 4) is 6.07 Å². The van der Waals surface area contributed by atoms with Gasteiger partial charge in [0.05, 0.1) is 22.5 Å². The summed E-state index contributed by atoms with van der Waals surface area (Å²) in [5.41, 5.74) is 1.82. The minimum atomic E-state index is -0.0879. The topological polar surface area (TPSA) is 56.9 Å². The first-order valence-electron chi connectivity index (χ1n) is 5.66. The van der Waals surface area contributed by atoms with E-state index in [-0.39, 0.29) is 6.04 Å². The lowest BCUT2D eigenvalue weighted by Gasteiger charge is -2.31. The molecule has 0 spiro atoms. The molecular formula is C11H16ClN5. The predicted molar refractivity (Wildman–Crippen MR) is 65.6 cm³/mol. The van der Waals surface area contributed by atoms with Crippen molar-refractivity contribution in [1.82, 2.24) is 20.0 Å². The largest absolute Gasteiger partial charge is 0.313 e. The first-order valence-corrected chi connectivity index (χ1v) is 6.03. The summed E-state index contributed by atoms with van der Waals surface area (Å²) in [6.45, 7) is 5.05. The van der Waals surface area contributed by atoms with Crippen molar-refractivity contribution in [3.05, 3.63) is 16.4 Å². The predicted octanol–water partition coefficient (Wildman–Crippen LogP) is 0.679. The van der Waals surface area contributed by atoms with Gasteiger partial charge in [0.25, 0.3) is 0 Å². The molecule has 2 rings (SSSR count). The first kappa shape index (κ1) is 12.4. The molecule has 1 atom stereocenters. The standard InChI is InChI=1S/C11H16ClN5/c1-8-11(12)10(16(2)15-8)7-17-4-3-14-6-9(17)5-13/h9,14H,3-4,6-7H2,1-2H3. The van der Waals surface area contributed by atoms with Gasteiger partial charge in [-0.3, -0.25) is 9.58 Å². The Morgan fingerprint density at radius 1 is 1.65 bits per heavy atom. The molecule has 2 heterocycles. The second kappa shape index (κ2) is 5.05. The van der Waals surface area contributed by atoms with E-state index in [0.717, 1.165) is 24.5 Å². The molecular weight excluding hydrogens is 238 g/mol. The van der Waals surface area contributed by atoms with Crippen LogP contribution in [0.5, 0.6) is 0 Å². The van der Waals surface area contributed by atoms with Crippen LogP contribution in [0.25, 0.3) is 0 Å². The number of halogens is 1. The Balaban J connectivity index is 2.17. The van der Waals surface area contributed by atoms with Gasteiger partial charge >= 0.3 is 0 Å². The van der Waals surface area contributed by atoms with Gasteiger partial charge in [-0.1, -0.05) is 11.6 Å². The van der Waals surface area contributed by atoms with Crippen molar-refractivity contribution in [2.24, 2.45) is 7.05 Å². The van der Waals surface area contributed by atoms with Gasteiger partial charge in [-0.05, 0) is 6.92 Å². The number of nitriles is 1. The van der Waals surface area contributed by atoms with E-state index in [1.54, 1.807) is 4.68 Å². The van der Waals surface area contributed by atoms with E-state index in [0.29, 0.717) is 18.1 Å². The van der Waals surface area contributed by atoms with Crippen molar-refractivity contribution in [1.29, 1.82) is 5.26 Å². The number of nitrogens with one attached hydrogen (secondary N) is 1. The van der Waals surface area contributed by atoms with Crippen LogP contribution in [-0.4, -0.2) is 40.4 Å². The van der Waals surface area contributed by atoms with Crippen LogP contribution in [0.3, 0.4) is 0 Å². The Morgan fingerprint density at radius 2 is 2.41 bits per heavy atom. The first-order chi connectivity index (χ1) is 8.13. The highest BCUT2D eigenvalue weighted by Gasteiger charge is 2.24. The summed E-state index contributed by atoms with van der Waals surface area (Å²) >= 11 is 6.22. The van der Waals surface area contributed by atoms with Crippen LogP contribution in [0.2, 0.25) is 5.02 Å². The van der Waals surface area contributed by atoms with Gasteiger partial charge in [-0.25, -0.2) is 0 Å². The Kier molecular flexibility index (Phi) is 3.67. The minimum absolute atomic E-state index is 0.0879. The molecule has 1 aliphatic heterocycles. The Labute approximate surface area is 106 Å². The van der Waals surface area contributed by atoms with Crippen LogP contribution in [-0.2, 0) is 13.6 Å². The molecule has 1 N–H and O–H groups in total. The molecule has 17 heavy (non-hydrogen) atoms. The third-order valence-corrected chi connectivity index (χ3v) is 3.61. The van der Waals surface area contributed by atoms with Crippen molar-refractivity contribution in [2.45, 2.75) is 19.5 Å². The van der Waals surface area contributed by atoms with Gasteiger partial charge in [0.15, 0.2) is 0 Å². The van der Waals surface area contributed by atoms with E-state index in [2.05, 4.69) is 21.4 Å². The fraction of sp³-hybridized carbons (Fsp3) is 0.636. The van der Waals surface area contributed by atoms with E-state index in [4.69, 9.17) is 16.9 Å². The molecule has 1 unspecified atom stereocenters. The van der Waals surface area contributed by atoms with E-state index >= 15 is 0 Å².